The van der Waals surface area contributed by atoms with Crippen LogP contribution in [0.5, 0.6) is 11.5 Å². The fourth-order valence-corrected chi connectivity index (χ4v) is 8.77. The maximum atomic E-state index is 11.6. The van der Waals surface area contributed by atoms with Crippen LogP contribution < -0.4 is 4.90 Å². The van der Waals surface area contributed by atoms with Gasteiger partial charge in [0, 0.05) is 35.1 Å². The Balaban J connectivity index is 1.39. The summed E-state index contributed by atoms with van der Waals surface area (Å²) in [5.41, 5.74) is 7.98. The Labute approximate surface area is 237 Å². The van der Waals surface area contributed by atoms with Gasteiger partial charge in [0.25, 0.3) is 0 Å². The predicted octanol–water partition coefficient (Wildman–Crippen LogP) is 8.26. The summed E-state index contributed by atoms with van der Waals surface area (Å²) in [6.07, 6.45) is 3.25. The van der Waals surface area contributed by atoms with Gasteiger partial charge in [-0.3, -0.25) is 0 Å². The van der Waals surface area contributed by atoms with Gasteiger partial charge < -0.3 is 19.8 Å². The van der Waals surface area contributed by atoms with Crippen LogP contribution in [-0.4, -0.2) is 36.5 Å². The minimum Gasteiger partial charge on any atom is -0.507 e. The maximum absolute atomic E-state index is 11.6. The van der Waals surface area contributed by atoms with Gasteiger partial charge in [0.2, 0.25) is 0 Å². The van der Waals surface area contributed by atoms with Crippen molar-refractivity contribution in [1.29, 1.82) is 0 Å². The van der Waals surface area contributed by atoms with Gasteiger partial charge in [-0.2, -0.15) is 0 Å². The topological polar surface area (TPSA) is 52.9 Å². The van der Waals surface area contributed by atoms with Crippen LogP contribution in [0.2, 0.25) is 0 Å². The summed E-state index contributed by atoms with van der Waals surface area (Å²) in [5.74, 6) is 0.524. The maximum Gasteiger partial charge on any atom is 0.124 e. The van der Waals surface area contributed by atoms with Gasteiger partial charge in [-0.1, -0.05) is 64.1 Å². The summed E-state index contributed by atoms with van der Waals surface area (Å²) in [6, 6.07) is 23.0. The molecular weight excluding hydrogens is 494 g/mol. The highest BCUT2D eigenvalue weighted by Gasteiger charge is 2.53. The Morgan fingerprint density at radius 2 is 1.35 bits per heavy atom. The molecule has 4 aromatic carbocycles. The first-order valence-electron chi connectivity index (χ1n) is 14.6. The zero-order valence-electron chi connectivity index (χ0n) is 24.1. The second kappa shape index (κ2) is 8.75. The van der Waals surface area contributed by atoms with Crippen LogP contribution in [-0.2, 0) is 10.2 Å². The van der Waals surface area contributed by atoms with E-state index in [-0.39, 0.29) is 27.7 Å². The highest BCUT2D eigenvalue weighted by Crippen LogP contribution is 2.65. The summed E-state index contributed by atoms with van der Waals surface area (Å²) < 4.78 is 5.49. The Bertz CT molecular complexity index is 1610. The monoisotopic (exact) mass is 533 g/mol. The Morgan fingerprint density at radius 1 is 0.675 bits per heavy atom. The number of aromatic hydroxyl groups is 2. The van der Waals surface area contributed by atoms with E-state index >= 15 is 0 Å². The zero-order valence-corrected chi connectivity index (χ0v) is 24.1. The molecule has 40 heavy (non-hydrogen) atoms. The van der Waals surface area contributed by atoms with Crippen LogP contribution in [0, 0.1) is 10.8 Å². The van der Waals surface area contributed by atoms with E-state index in [1.54, 1.807) is 0 Å². The number of phenols is 2. The molecule has 206 valence electrons. The second-order valence-corrected chi connectivity index (χ2v) is 13.9. The molecule has 2 N–H and O–H groups in total. The lowest BCUT2D eigenvalue weighted by molar-refractivity contribution is 0.0645. The molecule has 4 aromatic rings. The molecule has 2 aliphatic carbocycles. The summed E-state index contributed by atoms with van der Waals surface area (Å²) >= 11 is 0. The highest BCUT2D eigenvalue weighted by molar-refractivity contribution is 6.07. The molecule has 0 unspecified atom stereocenters. The molecule has 0 bridgehead atoms. The fraction of sp³-hybridized carbons (Fsp3) is 0.389. The number of hydrogen-bond acceptors (Lipinski definition) is 4. The quantitative estimate of drug-likeness (QED) is 0.272. The van der Waals surface area contributed by atoms with Crippen LogP contribution in [0.15, 0.2) is 66.7 Å². The number of ether oxygens (including phenoxy) is 1. The molecule has 0 radical (unpaired) electrons. The van der Waals surface area contributed by atoms with E-state index in [4.69, 9.17) is 4.74 Å². The lowest BCUT2D eigenvalue weighted by Crippen LogP contribution is -2.43. The summed E-state index contributed by atoms with van der Waals surface area (Å²) in [6.45, 7) is 12.8. The second-order valence-electron chi connectivity index (χ2n) is 13.9. The molecule has 0 amide bonds. The van der Waals surface area contributed by atoms with Gasteiger partial charge >= 0.3 is 0 Å². The molecule has 4 heteroatoms. The summed E-state index contributed by atoms with van der Waals surface area (Å²) in [5, 5.41) is 24.7. The van der Waals surface area contributed by atoms with Gasteiger partial charge in [0.15, 0.2) is 0 Å². The standard InChI is InChI=1S/C36H39NO3/c1-34(2)20-35(3,4)22-36(21-34)29-8-6-5-7-25(29)33-28-18-31(38)26(17-27(28)32(39)19-30(33)36)23-9-11-24(12-10-23)37-13-15-40-16-14-37/h5-12,17-19,38-39H,13-16,20-22H2,1-4H3. The molecule has 1 saturated carbocycles. The molecule has 7 rings (SSSR count). The normalized spacial score (nSPS) is 20.4. The van der Waals surface area contributed by atoms with Crippen LogP contribution >= 0.6 is 0 Å². The third-order valence-corrected chi connectivity index (χ3v) is 9.53. The fourth-order valence-electron chi connectivity index (χ4n) is 8.77. The van der Waals surface area contributed by atoms with Crippen molar-refractivity contribution in [2.45, 2.75) is 52.4 Å². The molecule has 2 fully saturated rings. The molecule has 3 aliphatic rings. The molecule has 1 spiro atoms. The number of rotatable bonds is 2. The minimum atomic E-state index is -0.160. The molecule has 1 aliphatic heterocycles. The van der Waals surface area contributed by atoms with E-state index in [1.807, 2.05) is 18.2 Å². The molecule has 0 atom stereocenters. The molecule has 4 nitrogen and oxygen atoms in total. The Morgan fingerprint density at radius 3 is 2.05 bits per heavy atom. The van der Waals surface area contributed by atoms with Crippen molar-refractivity contribution in [3.8, 4) is 33.8 Å². The number of fused-ring (bicyclic) bond motifs is 7. The van der Waals surface area contributed by atoms with Crippen molar-refractivity contribution >= 4 is 16.5 Å². The number of anilines is 1. The minimum absolute atomic E-state index is 0.160. The van der Waals surface area contributed by atoms with Gasteiger partial charge in [0.05, 0.1) is 13.2 Å². The lowest BCUT2D eigenvalue weighted by Gasteiger charge is -2.51. The van der Waals surface area contributed by atoms with E-state index < -0.39 is 0 Å². The third kappa shape index (κ3) is 3.91. The van der Waals surface area contributed by atoms with Crippen LogP contribution in [0.3, 0.4) is 0 Å². The van der Waals surface area contributed by atoms with E-state index in [2.05, 4.69) is 81.1 Å². The Kier molecular flexibility index (Phi) is 5.57. The highest BCUT2D eigenvalue weighted by atomic mass is 16.5. The predicted molar refractivity (Wildman–Crippen MR) is 163 cm³/mol. The van der Waals surface area contributed by atoms with Crippen molar-refractivity contribution in [2.75, 3.05) is 31.2 Å². The average molecular weight is 534 g/mol. The van der Waals surface area contributed by atoms with E-state index in [0.717, 1.165) is 66.7 Å². The van der Waals surface area contributed by atoms with Crippen molar-refractivity contribution in [3.05, 3.63) is 77.9 Å². The van der Waals surface area contributed by atoms with E-state index in [9.17, 15) is 10.2 Å². The van der Waals surface area contributed by atoms with Crippen molar-refractivity contribution in [3.63, 3.8) is 0 Å². The van der Waals surface area contributed by atoms with Gasteiger partial charge in [-0.25, -0.2) is 0 Å². The molecule has 1 saturated heterocycles. The van der Waals surface area contributed by atoms with E-state index in [1.165, 1.54) is 28.7 Å². The summed E-state index contributed by atoms with van der Waals surface area (Å²) in [7, 11) is 0. The molecule has 0 aromatic heterocycles. The smallest absolute Gasteiger partial charge is 0.124 e. The first-order valence-corrected chi connectivity index (χ1v) is 14.6. The SMILES string of the molecule is CC1(C)CC(C)(C)CC2(C1)c1ccccc1-c1c2cc(O)c2cc(-c3ccc(N4CCOCC4)cc3)c(O)cc12. The largest absolute Gasteiger partial charge is 0.507 e. The first-order chi connectivity index (χ1) is 19.1. The lowest BCUT2D eigenvalue weighted by atomic mass is 9.52. The summed E-state index contributed by atoms with van der Waals surface area (Å²) in [4.78, 5) is 2.32. The number of morpholine rings is 1. The number of phenolic OH excluding ortho intramolecular Hbond substituents is 2. The van der Waals surface area contributed by atoms with Crippen LogP contribution in [0.1, 0.15) is 58.1 Å². The Hall–Kier alpha value is -3.50. The number of benzene rings is 4. The van der Waals surface area contributed by atoms with E-state index in [0.29, 0.717) is 0 Å². The molecular formula is C36H39NO3. The molecule has 1 heterocycles. The van der Waals surface area contributed by atoms with Crippen molar-refractivity contribution < 1.29 is 14.9 Å². The van der Waals surface area contributed by atoms with Crippen LogP contribution in [0.25, 0.3) is 33.0 Å². The van der Waals surface area contributed by atoms with Crippen LogP contribution in [0.4, 0.5) is 5.69 Å². The van der Waals surface area contributed by atoms with Gasteiger partial charge in [0.1, 0.15) is 11.5 Å². The van der Waals surface area contributed by atoms with Crippen molar-refractivity contribution in [2.24, 2.45) is 10.8 Å². The van der Waals surface area contributed by atoms with Gasteiger partial charge in [-0.05, 0) is 93.6 Å². The van der Waals surface area contributed by atoms with Gasteiger partial charge in [-0.15, -0.1) is 0 Å². The number of hydrogen-bond donors (Lipinski definition) is 2. The number of nitrogens with zero attached hydrogens (tertiary/aromatic N) is 1. The first kappa shape index (κ1) is 25.5. The third-order valence-electron chi connectivity index (χ3n) is 9.53. The van der Waals surface area contributed by atoms with Crippen molar-refractivity contribution in [1.82, 2.24) is 0 Å². The average Bonchev–Trinajstić information content (AvgIpc) is 3.15. The zero-order chi connectivity index (χ0) is 27.9.